The van der Waals surface area contributed by atoms with Gasteiger partial charge in [0.25, 0.3) is 0 Å². The van der Waals surface area contributed by atoms with E-state index in [1.165, 1.54) is 116 Å². The molecule has 0 aromatic heterocycles. The monoisotopic (exact) mass is 773 g/mol. The van der Waals surface area contributed by atoms with Crippen LogP contribution in [0.3, 0.4) is 0 Å². The number of allylic oxidation sites excluding steroid dienone is 2. The zero-order valence-electron chi connectivity index (χ0n) is 38.7. The SMILES string of the molecule is CC(C)CCC[C@@H](C)[C@H]1CC[C@H]2[C@@H]3CC=C4C[C@@H](O)CC[C@]4(C)[C@H]3CC[C@]12C.CC(C)CCC[C@@H](C)[C@H]1CC[C@H]2[C@@H]3CC=C4C[C@@H](O)CC[C@]4(C)[C@H]3CC[C@]12C. The molecule has 0 aromatic rings. The van der Waals surface area contributed by atoms with Crippen molar-refractivity contribution in [2.24, 2.45) is 92.7 Å². The Balaban J connectivity index is 0.000000172. The largest absolute Gasteiger partial charge is 0.393 e. The minimum atomic E-state index is -0.0766. The van der Waals surface area contributed by atoms with E-state index in [0.717, 1.165) is 96.7 Å². The Kier molecular flexibility index (Phi) is 13.2. The van der Waals surface area contributed by atoms with Crippen molar-refractivity contribution in [2.75, 3.05) is 0 Å². The molecule has 0 spiro atoms. The third-order valence-electron chi connectivity index (χ3n) is 20.6. The maximum atomic E-state index is 10.2. The van der Waals surface area contributed by atoms with Gasteiger partial charge in [-0.2, -0.15) is 0 Å². The van der Waals surface area contributed by atoms with Gasteiger partial charge >= 0.3 is 0 Å². The van der Waals surface area contributed by atoms with Crippen molar-refractivity contribution in [1.82, 2.24) is 0 Å². The second kappa shape index (κ2) is 17.0. The zero-order chi connectivity index (χ0) is 40.2. The van der Waals surface area contributed by atoms with Gasteiger partial charge in [-0.05, 0) is 195 Å². The Hall–Kier alpha value is -0.600. The van der Waals surface area contributed by atoms with Crippen LogP contribution in [-0.4, -0.2) is 22.4 Å². The van der Waals surface area contributed by atoms with E-state index in [1.807, 2.05) is 0 Å². The first-order valence-electron chi connectivity index (χ1n) is 25.3. The number of fused-ring (bicyclic) bond motifs is 10. The number of aliphatic hydroxyl groups excluding tert-OH is 2. The van der Waals surface area contributed by atoms with Gasteiger partial charge in [0.05, 0.1) is 12.2 Å². The first-order chi connectivity index (χ1) is 26.5. The maximum absolute atomic E-state index is 10.2. The van der Waals surface area contributed by atoms with Gasteiger partial charge < -0.3 is 10.2 Å². The topological polar surface area (TPSA) is 40.5 Å². The van der Waals surface area contributed by atoms with Crippen molar-refractivity contribution in [1.29, 1.82) is 0 Å². The third kappa shape index (κ3) is 8.00. The predicted molar refractivity (Wildman–Crippen MR) is 238 cm³/mol. The Morgan fingerprint density at radius 1 is 0.500 bits per heavy atom. The summed E-state index contributed by atoms with van der Waals surface area (Å²) in [5.41, 5.74) is 5.21. The summed E-state index contributed by atoms with van der Waals surface area (Å²) in [4.78, 5) is 0. The fourth-order valence-corrected chi connectivity index (χ4v) is 17.3. The molecule has 0 aromatic carbocycles. The molecular weight excluding hydrogens is 681 g/mol. The quantitative estimate of drug-likeness (QED) is 0.217. The fourth-order valence-electron chi connectivity index (χ4n) is 17.3. The zero-order valence-corrected chi connectivity index (χ0v) is 38.7. The third-order valence-corrected chi connectivity index (χ3v) is 20.6. The molecule has 6 saturated carbocycles. The standard InChI is InChI=1S/2C27H46O/c2*1-18(2)7-6-8-19(3)23-11-12-24-22-10-9-20-17-21(28)13-15-26(20,4)25(22)14-16-27(23,24)5/h2*9,18-19,21-25,28H,6-8,10-17H2,1-5H3/t2*19-,21+,22+,23-,24+,25+,26+,27-/m11/s1. The van der Waals surface area contributed by atoms with Gasteiger partial charge in [-0.3, -0.25) is 0 Å². The lowest BCUT2D eigenvalue weighted by Gasteiger charge is -2.58. The molecule has 6 fully saturated rings. The summed E-state index contributed by atoms with van der Waals surface area (Å²) in [6.07, 6.45) is 34.3. The fraction of sp³-hybridized carbons (Fsp3) is 0.926. The van der Waals surface area contributed by atoms with Crippen LogP contribution in [0.25, 0.3) is 0 Å². The highest BCUT2D eigenvalue weighted by molar-refractivity contribution is 5.27. The molecule has 8 aliphatic rings. The van der Waals surface area contributed by atoms with Crippen LogP contribution >= 0.6 is 0 Å². The molecule has 320 valence electrons. The van der Waals surface area contributed by atoms with Crippen LogP contribution in [0.15, 0.2) is 23.3 Å². The second-order valence-electron chi connectivity index (χ2n) is 24.4. The van der Waals surface area contributed by atoms with Crippen LogP contribution in [0.4, 0.5) is 0 Å². The molecule has 0 aliphatic heterocycles. The predicted octanol–water partition coefficient (Wildman–Crippen LogP) is 14.8. The number of hydrogen-bond donors (Lipinski definition) is 2. The molecule has 16 atom stereocenters. The molecule has 0 heterocycles. The van der Waals surface area contributed by atoms with E-state index in [4.69, 9.17) is 0 Å². The first kappa shape index (κ1) is 43.5. The molecule has 0 radical (unpaired) electrons. The molecule has 2 nitrogen and oxygen atoms in total. The van der Waals surface area contributed by atoms with Gasteiger partial charge in [-0.1, -0.05) is 131 Å². The van der Waals surface area contributed by atoms with Crippen molar-refractivity contribution < 1.29 is 10.2 Å². The highest BCUT2D eigenvalue weighted by Gasteiger charge is 2.60. The highest BCUT2D eigenvalue weighted by Crippen LogP contribution is 2.69. The molecule has 0 saturated heterocycles. The van der Waals surface area contributed by atoms with Crippen LogP contribution in [0.2, 0.25) is 0 Å². The Bertz CT molecular complexity index is 1290. The highest BCUT2D eigenvalue weighted by atomic mass is 16.3. The van der Waals surface area contributed by atoms with Crippen molar-refractivity contribution in [3.63, 3.8) is 0 Å². The van der Waals surface area contributed by atoms with Crippen LogP contribution in [0, 0.1) is 92.7 Å². The summed E-state index contributed by atoms with van der Waals surface area (Å²) in [7, 11) is 0. The average Bonchev–Trinajstić information content (AvgIpc) is 3.69. The van der Waals surface area contributed by atoms with Crippen LogP contribution < -0.4 is 0 Å². The van der Waals surface area contributed by atoms with Gasteiger partial charge in [0.2, 0.25) is 0 Å². The lowest BCUT2D eigenvalue weighted by molar-refractivity contribution is -0.0573. The number of rotatable bonds is 10. The Labute approximate surface area is 347 Å². The molecule has 2 heteroatoms. The molecule has 2 N–H and O–H groups in total. The summed E-state index contributed by atoms with van der Waals surface area (Å²) in [5.74, 6) is 10.9. The van der Waals surface area contributed by atoms with Gasteiger partial charge in [0.1, 0.15) is 0 Å². The van der Waals surface area contributed by atoms with E-state index in [9.17, 15) is 10.2 Å². The molecule has 0 amide bonds. The van der Waals surface area contributed by atoms with E-state index >= 15 is 0 Å². The average molecular weight is 773 g/mol. The molecular formula is C54H92O2. The summed E-state index contributed by atoms with van der Waals surface area (Å²) >= 11 is 0. The molecule has 8 aliphatic carbocycles. The van der Waals surface area contributed by atoms with Gasteiger partial charge in [0.15, 0.2) is 0 Å². The molecule has 0 unspecified atom stereocenters. The summed E-state index contributed by atoms with van der Waals surface area (Å²) in [6, 6.07) is 0. The van der Waals surface area contributed by atoms with E-state index in [0.29, 0.717) is 21.7 Å². The Morgan fingerprint density at radius 3 is 1.27 bits per heavy atom. The summed E-state index contributed by atoms with van der Waals surface area (Å²) < 4.78 is 0. The van der Waals surface area contributed by atoms with Crippen LogP contribution in [0.5, 0.6) is 0 Å². The van der Waals surface area contributed by atoms with Crippen molar-refractivity contribution in [3.8, 4) is 0 Å². The van der Waals surface area contributed by atoms with E-state index < -0.39 is 0 Å². The molecule has 8 rings (SSSR count). The lowest BCUT2D eigenvalue weighted by atomic mass is 9.47. The number of aliphatic hydroxyl groups is 2. The van der Waals surface area contributed by atoms with Crippen molar-refractivity contribution >= 4 is 0 Å². The van der Waals surface area contributed by atoms with E-state index in [-0.39, 0.29) is 12.2 Å². The van der Waals surface area contributed by atoms with Gasteiger partial charge in [-0.25, -0.2) is 0 Å². The summed E-state index contributed by atoms with van der Waals surface area (Å²) in [6.45, 7) is 25.1. The van der Waals surface area contributed by atoms with Gasteiger partial charge in [-0.15, -0.1) is 0 Å². The smallest absolute Gasteiger partial charge is 0.0577 e. The number of hydrogen-bond acceptors (Lipinski definition) is 2. The lowest BCUT2D eigenvalue weighted by Crippen LogP contribution is -2.50. The molecule has 0 bridgehead atoms. The van der Waals surface area contributed by atoms with Crippen LogP contribution in [0.1, 0.15) is 210 Å². The van der Waals surface area contributed by atoms with Crippen LogP contribution in [-0.2, 0) is 0 Å². The minimum Gasteiger partial charge on any atom is -0.393 e. The molecule has 56 heavy (non-hydrogen) atoms. The normalized spacial score (nSPS) is 46.5. The van der Waals surface area contributed by atoms with E-state index in [1.54, 1.807) is 11.1 Å². The van der Waals surface area contributed by atoms with Crippen molar-refractivity contribution in [3.05, 3.63) is 23.3 Å². The minimum absolute atomic E-state index is 0.0766. The second-order valence-corrected chi connectivity index (χ2v) is 24.4. The Morgan fingerprint density at radius 2 is 0.893 bits per heavy atom. The maximum Gasteiger partial charge on any atom is 0.0577 e. The first-order valence-corrected chi connectivity index (χ1v) is 25.3. The van der Waals surface area contributed by atoms with Crippen molar-refractivity contribution in [2.45, 2.75) is 223 Å². The summed E-state index contributed by atoms with van der Waals surface area (Å²) in [5, 5.41) is 20.4. The van der Waals surface area contributed by atoms with Gasteiger partial charge in [0, 0.05) is 0 Å². The van der Waals surface area contributed by atoms with E-state index in [2.05, 4.69) is 81.4 Å².